The molecule has 0 saturated heterocycles. The molecule has 106 valence electrons. The van der Waals surface area contributed by atoms with Gasteiger partial charge in [0.2, 0.25) is 0 Å². The van der Waals surface area contributed by atoms with Crippen molar-refractivity contribution >= 4 is 17.2 Å². The molecule has 0 atom stereocenters. The summed E-state index contributed by atoms with van der Waals surface area (Å²) in [4.78, 5) is 13.8. The van der Waals surface area contributed by atoms with E-state index in [1.807, 2.05) is 85.6 Å². The second kappa shape index (κ2) is 7.25. The Bertz CT molecular complexity index is 598. The Morgan fingerprint density at radius 1 is 0.857 bits per heavy atom. The smallest absolute Gasteiger partial charge is 0.180 e. The van der Waals surface area contributed by atoms with Crippen LogP contribution in [0.4, 0.5) is 11.4 Å². The summed E-state index contributed by atoms with van der Waals surface area (Å²) in [5.74, 6) is -0.00753. The highest BCUT2D eigenvalue weighted by molar-refractivity contribution is 6.00. The maximum absolute atomic E-state index is 11.8. The summed E-state index contributed by atoms with van der Waals surface area (Å²) in [6, 6.07) is 20.0. The SMILES string of the molecule is CC(C)=CC(=O)/C=C\N(c1ccccc1)c1ccccc1. The normalized spacial score (nSPS) is 10.4. The molecule has 0 fully saturated rings. The molecule has 0 saturated carbocycles. The van der Waals surface area contributed by atoms with Gasteiger partial charge in [0.05, 0.1) is 0 Å². The quantitative estimate of drug-likeness (QED) is 0.726. The van der Waals surface area contributed by atoms with Crippen molar-refractivity contribution in [2.45, 2.75) is 13.8 Å². The average Bonchev–Trinajstić information content (AvgIpc) is 2.49. The summed E-state index contributed by atoms with van der Waals surface area (Å²) in [6.45, 7) is 3.83. The summed E-state index contributed by atoms with van der Waals surface area (Å²) in [5.41, 5.74) is 3.03. The fourth-order valence-electron chi connectivity index (χ4n) is 1.98. The monoisotopic (exact) mass is 277 g/mol. The molecule has 21 heavy (non-hydrogen) atoms. The van der Waals surface area contributed by atoms with Gasteiger partial charge in [0.1, 0.15) is 0 Å². The molecular formula is C19H19NO. The zero-order valence-electron chi connectivity index (χ0n) is 12.4. The summed E-state index contributed by atoms with van der Waals surface area (Å²) in [6.07, 6.45) is 5.03. The number of hydrogen-bond acceptors (Lipinski definition) is 2. The standard InChI is InChI=1S/C19H19NO/c1-16(2)15-19(21)13-14-20(17-9-5-3-6-10-17)18-11-7-4-8-12-18/h3-15H,1-2H3/b14-13-. The third-order valence-corrected chi connectivity index (χ3v) is 2.89. The molecule has 2 heteroatoms. The van der Waals surface area contributed by atoms with Gasteiger partial charge in [0.15, 0.2) is 5.78 Å². The average molecular weight is 277 g/mol. The van der Waals surface area contributed by atoms with Gasteiger partial charge in [0, 0.05) is 23.7 Å². The first-order chi connectivity index (χ1) is 10.2. The van der Waals surface area contributed by atoms with Crippen molar-refractivity contribution in [2.75, 3.05) is 4.90 Å². The molecule has 0 aromatic heterocycles. The van der Waals surface area contributed by atoms with E-state index in [1.165, 1.54) is 0 Å². The number of ketones is 1. The Morgan fingerprint density at radius 3 is 1.76 bits per heavy atom. The molecule has 0 amide bonds. The van der Waals surface area contributed by atoms with Crippen LogP contribution in [0.1, 0.15) is 13.8 Å². The maximum Gasteiger partial charge on any atom is 0.180 e. The minimum atomic E-state index is -0.00753. The lowest BCUT2D eigenvalue weighted by Gasteiger charge is -2.20. The van der Waals surface area contributed by atoms with E-state index in [0.29, 0.717) is 0 Å². The van der Waals surface area contributed by atoms with Gasteiger partial charge in [-0.05, 0) is 44.2 Å². The highest BCUT2D eigenvalue weighted by atomic mass is 16.1. The predicted molar refractivity (Wildman–Crippen MR) is 88.6 cm³/mol. The van der Waals surface area contributed by atoms with Crippen LogP contribution in [0, 0.1) is 0 Å². The highest BCUT2D eigenvalue weighted by Gasteiger charge is 2.05. The third kappa shape index (κ3) is 4.46. The maximum atomic E-state index is 11.8. The molecule has 2 nitrogen and oxygen atoms in total. The number of carbonyl (C=O) groups is 1. The van der Waals surface area contributed by atoms with Gasteiger partial charge < -0.3 is 4.90 Å². The predicted octanol–water partition coefficient (Wildman–Crippen LogP) is 4.87. The third-order valence-electron chi connectivity index (χ3n) is 2.89. The van der Waals surface area contributed by atoms with Crippen LogP contribution in [-0.2, 0) is 4.79 Å². The van der Waals surface area contributed by atoms with Gasteiger partial charge >= 0.3 is 0 Å². The Hall–Kier alpha value is -2.61. The van der Waals surface area contributed by atoms with Crippen LogP contribution in [0.15, 0.2) is 84.6 Å². The molecule has 0 spiro atoms. The lowest BCUT2D eigenvalue weighted by Crippen LogP contribution is -2.08. The number of carbonyl (C=O) groups excluding carboxylic acids is 1. The molecule has 0 N–H and O–H groups in total. The summed E-state index contributed by atoms with van der Waals surface area (Å²) < 4.78 is 0. The summed E-state index contributed by atoms with van der Waals surface area (Å²) >= 11 is 0. The van der Waals surface area contributed by atoms with E-state index >= 15 is 0 Å². The van der Waals surface area contributed by atoms with Crippen LogP contribution >= 0.6 is 0 Å². The van der Waals surface area contributed by atoms with Gasteiger partial charge in [0.25, 0.3) is 0 Å². The molecule has 0 radical (unpaired) electrons. The van der Waals surface area contributed by atoms with E-state index < -0.39 is 0 Å². The van der Waals surface area contributed by atoms with E-state index in [1.54, 1.807) is 12.2 Å². The molecule has 2 rings (SSSR count). The summed E-state index contributed by atoms with van der Waals surface area (Å²) in [7, 11) is 0. The fourth-order valence-corrected chi connectivity index (χ4v) is 1.98. The van der Waals surface area contributed by atoms with Gasteiger partial charge in [-0.25, -0.2) is 0 Å². The molecular weight excluding hydrogens is 258 g/mol. The van der Waals surface area contributed by atoms with Gasteiger partial charge in [-0.3, -0.25) is 4.79 Å². The van der Waals surface area contributed by atoms with Gasteiger partial charge in [-0.15, -0.1) is 0 Å². The number of para-hydroxylation sites is 2. The summed E-state index contributed by atoms with van der Waals surface area (Å²) in [5, 5.41) is 0. The van der Waals surface area contributed by atoms with Crippen molar-refractivity contribution in [3.8, 4) is 0 Å². The molecule has 0 aliphatic rings. The van der Waals surface area contributed by atoms with Crippen molar-refractivity contribution in [3.63, 3.8) is 0 Å². The number of hydrogen-bond donors (Lipinski definition) is 0. The largest absolute Gasteiger partial charge is 0.317 e. The topological polar surface area (TPSA) is 20.3 Å². The molecule has 0 heterocycles. The van der Waals surface area contributed by atoms with Crippen molar-refractivity contribution in [2.24, 2.45) is 0 Å². The number of allylic oxidation sites excluding steroid dienone is 3. The Morgan fingerprint density at radius 2 is 1.33 bits per heavy atom. The van der Waals surface area contributed by atoms with Crippen molar-refractivity contribution < 1.29 is 4.79 Å². The highest BCUT2D eigenvalue weighted by Crippen LogP contribution is 2.25. The Balaban J connectivity index is 2.32. The van der Waals surface area contributed by atoms with Crippen molar-refractivity contribution in [1.29, 1.82) is 0 Å². The van der Waals surface area contributed by atoms with Gasteiger partial charge in [-0.2, -0.15) is 0 Å². The second-order valence-corrected chi connectivity index (χ2v) is 4.98. The first-order valence-electron chi connectivity index (χ1n) is 6.93. The van der Waals surface area contributed by atoms with Crippen LogP contribution in [0.25, 0.3) is 0 Å². The molecule has 0 aliphatic carbocycles. The van der Waals surface area contributed by atoms with Crippen molar-refractivity contribution in [1.82, 2.24) is 0 Å². The molecule has 0 aliphatic heterocycles. The van der Waals surface area contributed by atoms with E-state index in [4.69, 9.17) is 0 Å². The molecule has 0 unspecified atom stereocenters. The van der Waals surface area contributed by atoms with E-state index in [2.05, 4.69) is 0 Å². The zero-order valence-corrected chi connectivity index (χ0v) is 12.4. The Kier molecular flexibility index (Phi) is 5.10. The number of benzene rings is 2. The molecule has 2 aromatic rings. The molecule has 0 bridgehead atoms. The Labute approximate surface area is 126 Å². The minimum absolute atomic E-state index is 0.00753. The first kappa shape index (κ1) is 14.8. The van der Waals surface area contributed by atoms with Crippen LogP contribution in [0.5, 0.6) is 0 Å². The van der Waals surface area contributed by atoms with E-state index in [0.717, 1.165) is 16.9 Å². The fraction of sp³-hybridized carbons (Fsp3) is 0.105. The lowest BCUT2D eigenvalue weighted by molar-refractivity contribution is -0.110. The number of rotatable bonds is 5. The van der Waals surface area contributed by atoms with Crippen LogP contribution in [0.3, 0.4) is 0 Å². The number of anilines is 2. The minimum Gasteiger partial charge on any atom is -0.317 e. The first-order valence-corrected chi connectivity index (χ1v) is 6.93. The van der Waals surface area contributed by atoms with Crippen LogP contribution < -0.4 is 4.90 Å². The van der Waals surface area contributed by atoms with Crippen molar-refractivity contribution in [3.05, 3.63) is 84.6 Å². The molecule has 2 aromatic carbocycles. The zero-order chi connectivity index (χ0) is 15.1. The second-order valence-electron chi connectivity index (χ2n) is 4.98. The van der Waals surface area contributed by atoms with Crippen LogP contribution in [0.2, 0.25) is 0 Å². The van der Waals surface area contributed by atoms with Gasteiger partial charge in [-0.1, -0.05) is 42.0 Å². The van der Waals surface area contributed by atoms with Crippen LogP contribution in [-0.4, -0.2) is 5.78 Å². The number of nitrogens with zero attached hydrogens (tertiary/aromatic N) is 1. The lowest BCUT2D eigenvalue weighted by atomic mass is 10.2. The van der Waals surface area contributed by atoms with E-state index in [9.17, 15) is 4.79 Å². The van der Waals surface area contributed by atoms with E-state index in [-0.39, 0.29) is 5.78 Å².